The van der Waals surface area contributed by atoms with Gasteiger partial charge in [-0.15, -0.1) is 5.54 Å². The van der Waals surface area contributed by atoms with Gasteiger partial charge in [0.1, 0.15) is 8.07 Å². The fourth-order valence-electron chi connectivity index (χ4n) is 6.83. The Morgan fingerprint density at radius 1 is 0.550 bits per heavy atom. The van der Waals surface area contributed by atoms with Gasteiger partial charge in [-0.05, 0) is 51.7 Å². The first-order valence-corrected chi connectivity index (χ1v) is 16.5. The Balaban J connectivity index is 1.85. The Bertz CT molecular complexity index is 1660. The molecule has 1 aliphatic carbocycles. The van der Waals surface area contributed by atoms with E-state index in [1.807, 2.05) is 91.0 Å². The van der Waals surface area contributed by atoms with Crippen molar-refractivity contribution in [3.63, 3.8) is 0 Å². The number of hydrogen-bond donors (Lipinski definition) is 2. The molecule has 0 fully saturated rings. The van der Waals surface area contributed by atoms with Gasteiger partial charge < -0.3 is 10.2 Å². The van der Waals surface area contributed by atoms with Gasteiger partial charge in [0.05, 0.1) is 0 Å². The van der Waals surface area contributed by atoms with Crippen LogP contribution >= 0.6 is 0 Å². The predicted molar refractivity (Wildman–Crippen MR) is 169 cm³/mol. The molecule has 0 saturated heterocycles. The smallest absolute Gasteiger partial charge is 0.178 e. The average molecular weight is 543 g/mol. The van der Waals surface area contributed by atoms with E-state index in [-0.39, 0.29) is 0 Å². The Morgan fingerprint density at radius 3 is 1.45 bits per heavy atom. The van der Waals surface area contributed by atoms with E-state index in [4.69, 9.17) is 0 Å². The molecule has 2 N–H and O–H groups in total. The molecule has 0 saturated carbocycles. The lowest BCUT2D eigenvalue weighted by atomic mass is 9.67. The molecule has 1 aliphatic rings. The van der Waals surface area contributed by atoms with Crippen LogP contribution in [0.1, 0.15) is 69.4 Å². The van der Waals surface area contributed by atoms with Crippen molar-refractivity contribution in [1.82, 2.24) is 0 Å². The molecule has 2 nitrogen and oxygen atoms in total. The topological polar surface area (TPSA) is 40.5 Å². The zero-order valence-electron chi connectivity index (χ0n) is 24.3. The third-order valence-electron chi connectivity index (χ3n) is 8.86. The van der Waals surface area contributed by atoms with Crippen LogP contribution in [-0.4, -0.2) is 18.3 Å². The van der Waals surface area contributed by atoms with Crippen molar-refractivity contribution in [3.05, 3.63) is 119 Å². The third kappa shape index (κ3) is 4.40. The van der Waals surface area contributed by atoms with Crippen molar-refractivity contribution >= 4 is 18.8 Å². The first-order chi connectivity index (χ1) is 19.0. The van der Waals surface area contributed by atoms with E-state index >= 15 is 0 Å². The van der Waals surface area contributed by atoms with Gasteiger partial charge in [0.2, 0.25) is 0 Å². The van der Waals surface area contributed by atoms with E-state index in [0.717, 1.165) is 16.3 Å². The van der Waals surface area contributed by atoms with Gasteiger partial charge >= 0.3 is 0 Å². The highest BCUT2D eigenvalue weighted by Gasteiger charge is 2.49. The van der Waals surface area contributed by atoms with Gasteiger partial charge in [-0.3, -0.25) is 0 Å². The molecule has 0 radical (unpaired) electrons. The van der Waals surface area contributed by atoms with E-state index < -0.39 is 19.3 Å². The number of rotatable bonds is 3. The molecule has 4 aromatic rings. The van der Waals surface area contributed by atoms with Crippen molar-refractivity contribution in [2.24, 2.45) is 0 Å². The molecule has 0 aliphatic heterocycles. The molecule has 202 valence electrons. The number of fused-ring (bicyclic) bond motifs is 3. The molecule has 5 rings (SSSR count). The molecule has 0 bridgehead atoms. The molecule has 3 heteroatoms. The highest BCUT2D eigenvalue weighted by atomic mass is 28.3. The minimum atomic E-state index is -2.16. The van der Waals surface area contributed by atoms with Crippen LogP contribution in [0.3, 0.4) is 0 Å². The fraction of sp³-hybridized carbons (Fsp3) is 0.297. The molecule has 0 spiro atoms. The zero-order chi connectivity index (χ0) is 28.7. The maximum Gasteiger partial charge on any atom is 0.178 e. The molecule has 0 heterocycles. The van der Waals surface area contributed by atoms with Crippen LogP contribution in [0.25, 0.3) is 10.8 Å². The van der Waals surface area contributed by atoms with E-state index in [9.17, 15) is 10.2 Å². The van der Waals surface area contributed by atoms with Crippen LogP contribution in [0, 0.1) is 23.3 Å². The molecular formula is C37H38O2Si. The monoisotopic (exact) mass is 542 g/mol. The van der Waals surface area contributed by atoms with E-state index in [1.165, 1.54) is 0 Å². The summed E-state index contributed by atoms with van der Waals surface area (Å²) in [5.41, 5.74) is 5.00. The number of aliphatic hydroxyl groups is 2. The standard InChI is InChI=1S/C37H38O2Si/c1-26(2)40(27(3)4,28(5)6)23-22-37(39)33-19-13-12-18-32(33)36(38,21-20-29-14-8-7-9-15-29)34-24-30-16-10-11-17-31(30)25-35(34)37/h7-19,24-28,38-39H,1-6H3. The van der Waals surface area contributed by atoms with Gasteiger partial charge in [0, 0.05) is 27.8 Å². The summed E-state index contributed by atoms with van der Waals surface area (Å²) < 4.78 is 0. The molecule has 2 atom stereocenters. The van der Waals surface area contributed by atoms with Crippen LogP contribution in [-0.2, 0) is 11.2 Å². The van der Waals surface area contributed by atoms with Crippen molar-refractivity contribution in [2.45, 2.75) is 69.4 Å². The SMILES string of the molecule is CC(C)[Si](C#CC1(O)c2ccccc2C(O)(C#Cc2ccccc2)c2cc3ccccc3cc21)(C(C)C)C(C)C. The maximum atomic E-state index is 12.8. The molecule has 4 aromatic carbocycles. The average Bonchev–Trinajstić information content (AvgIpc) is 2.95. The molecule has 0 amide bonds. The number of benzene rings is 4. The second-order valence-corrected chi connectivity index (χ2v) is 17.6. The summed E-state index contributed by atoms with van der Waals surface area (Å²) >= 11 is 0. The Labute approximate surface area is 240 Å². The Morgan fingerprint density at radius 2 is 0.975 bits per heavy atom. The van der Waals surface area contributed by atoms with Crippen LogP contribution < -0.4 is 0 Å². The van der Waals surface area contributed by atoms with Gasteiger partial charge in [-0.25, -0.2) is 0 Å². The van der Waals surface area contributed by atoms with Crippen molar-refractivity contribution in [3.8, 4) is 23.3 Å². The fourth-order valence-corrected chi connectivity index (χ4v) is 12.1. The number of hydrogen-bond acceptors (Lipinski definition) is 2. The maximum absolute atomic E-state index is 12.8. The Kier molecular flexibility index (Phi) is 7.28. The van der Waals surface area contributed by atoms with Crippen molar-refractivity contribution < 1.29 is 10.2 Å². The minimum absolute atomic E-state index is 0.423. The summed E-state index contributed by atoms with van der Waals surface area (Å²) in [6.45, 7) is 13.7. The molecule has 40 heavy (non-hydrogen) atoms. The quantitative estimate of drug-likeness (QED) is 0.204. The molecular weight excluding hydrogens is 504 g/mol. The van der Waals surface area contributed by atoms with E-state index in [0.29, 0.717) is 38.9 Å². The lowest BCUT2D eigenvalue weighted by molar-refractivity contribution is 0.0947. The van der Waals surface area contributed by atoms with Crippen molar-refractivity contribution in [2.75, 3.05) is 0 Å². The summed E-state index contributed by atoms with van der Waals surface area (Å²) in [5, 5.41) is 27.2. The third-order valence-corrected chi connectivity index (χ3v) is 15.1. The largest absolute Gasteiger partial charge is 0.369 e. The lowest BCUT2D eigenvalue weighted by Crippen LogP contribution is -2.45. The minimum Gasteiger partial charge on any atom is -0.369 e. The Hall–Kier alpha value is -3.60. The van der Waals surface area contributed by atoms with Gasteiger partial charge in [-0.1, -0.05) is 126 Å². The molecule has 2 unspecified atom stereocenters. The van der Waals surface area contributed by atoms with Crippen LogP contribution in [0.4, 0.5) is 0 Å². The van der Waals surface area contributed by atoms with Crippen molar-refractivity contribution in [1.29, 1.82) is 0 Å². The summed E-state index contributed by atoms with van der Waals surface area (Å²) in [5.74, 6) is 9.89. The second kappa shape index (κ2) is 10.4. The van der Waals surface area contributed by atoms with Gasteiger partial charge in [0.25, 0.3) is 0 Å². The zero-order valence-corrected chi connectivity index (χ0v) is 25.3. The summed E-state index contributed by atoms with van der Waals surface area (Å²) in [4.78, 5) is 0. The van der Waals surface area contributed by atoms with Crippen LogP contribution in [0.2, 0.25) is 16.6 Å². The summed E-state index contributed by atoms with van der Waals surface area (Å²) in [7, 11) is -2.16. The first kappa shape index (κ1) is 27.9. The summed E-state index contributed by atoms with van der Waals surface area (Å²) in [6, 6.07) is 29.3. The van der Waals surface area contributed by atoms with E-state index in [1.54, 1.807) is 0 Å². The summed E-state index contributed by atoms with van der Waals surface area (Å²) in [6.07, 6.45) is 0. The highest BCUT2D eigenvalue weighted by Crippen LogP contribution is 2.49. The molecule has 0 aromatic heterocycles. The second-order valence-electron chi connectivity index (χ2n) is 12.0. The van der Waals surface area contributed by atoms with Crippen LogP contribution in [0.15, 0.2) is 91.0 Å². The first-order valence-electron chi connectivity index (χ1n) is 14.2. The predicted octanol–water partition coefficient (Wildman–Crippen LogP) is 7.90. The van der Waals surface area contributed by atoms with Gasteiger partial charge in [-0.2, -0.15) is 0 Å². The van der Waals surface area contributed by atoms with Gasteiger partial charge in [0.15, 0.2) is 11.2 Å². The lowest BCUT2D eigenvalue weighted by Gasteiger charge is -2.41. The van der Waals surface area contributed by atoms with Crippen LogP contribution in [0.5, 0.6) is 0 Å². The highest BCUT2D eigenvalue weighted by molar-refractivity contribution is 6.90. The normalized spacial score (nSPS) is 20.0. The van der Waals surface area contributed by atoms with E-state index in [2.05, 4.69) is 64.8 Å².